The molecule has 6 nitrogen and oxygen atoms in total. The Morgan fingerprint density at radius 1 is 1.04 bits per heavy atom. The van der Waals surface area contributed by atoms with E-state index in [1.54, 1.807) is 0 Å². The van der Waals surface area contributed by atoms with Crippen LogP contribution in [0.25, 0.3) is 0 Å². The number of hydrogen-bond acceptors (Lipinski definition) is 4. The minimum atomic E-state index is -0.971. The molecule has 0 radical (unpaired) electrons. The molecule has 1 heterocycles. The predicted molar refractivity (Wildman–Crippen MR) is 80.3 cm³/mol. The van der Waals surface area contributed by atoms with Gasteiger partial charge in [-0.1, -0.05) is 0 Å². The first-order valence-corrected chi connectivity index (χ1v) is 8.31. The summed E-state index contributed by atoms with van der Waals surface area (Å²) in [4.78, 5) is 37.0. The van der Waals surface area contributed by atoms with E-state index in [1.807, 2.05) is 0 Å². The number of amides is 2. The van der Waals surface area contributed by atoms with E-state index >= 15 is 0 Å². The molecule has 0 spiro atoms. The fourth-order valence-electron chi connectivity index (χ4n) is 5.57. The highest BCUT2D eigenvalue weighted by atomic mass is 19.1. The van der Waals surface area contributed by atoms with Crippen molar-refractivity contribution >= 4 is 23.2 Å². The summed E-state index contributed by atoms with van der Waals surface area (Å²) in [6.45, 7) is 0. The molecule has 0 aromatic heterocycles. The number of nitro benzene ring substituents is 1. The Morgan fingerprint density at radius 2 is 1.62 bits per heavy atom. The lowest BCUT2D eigenvalue weighted by Crippen LogP contribution is -2.43. The highest BCUT2D eigenvalue weighted by Gasteiger charge is 2.68. The van der Waals surface area contributed by atoms with Gasteiger partial charge in [0.15, 0.2) is 0 Å². The minimum absolute atomic E-state index is 0.112. The molecule has 4 aliphatic carbocycles. The molecule has 1 aromatic rings. The van der Waals surface area contributed by atoms with Gasteiger partial charge in [-0.15, -0.1) is 0 Å². The first-order chi connectivity index (χ1) is 11.5. The monoisotopic (exact) mass is 330 g/mol. The van der Waals surface area contributed by atoms with Gasteiger partial charge in [0.2, 0.25) is 17.6 Å². The van der Waals surface area contributed by atoms with Gasteiger partial charge in [0.1, 0.15) is 0 Å². The maximum absolute atomic E-state index is 13.6. The largest absolute Gasteiger partial charge is 0.306 e. The van der Waals surface area contributed by atoms with Gasteiger partial charge in [0, 0.05) is 6.07 Å². The van der Waals surface area contributed by atoms with Crippen molar-refractivity contribution in [1.29, 1.82) is 0 Å². The number of nitrogens with zero attached hydrogens (tertiary/aromatic N) is 2. The molecule has 0 N–H and O–H groups in total. The Morgan fingerprint density at radius 3 is 2.17 bits per heavy atom. The lowest BCUT2D eigenvalue weighted by molar-refractivity contribution is -0.387. The molecule has 6 unspecified atom stereocenters. The zero-order valence-corrected chi connectivity index (χ0v) is 12.7. The van der Waals surface area contributed by atoms with Crippen molar-refractivity contribution in [1.82, 2.24) is 0 Å². The summed E-state index contributed by atoms with van der Waals surface area (Å²) < 4.78 is 13.6. The van der Waals surface area contributed by atoms with Crippen LogP contribution in [0.1, 0.15) is 19.3 Å². The normalized spacial score (nSPS) is 39.0. The molecule has 1 aliphatic heterocycles. The van der Waals surface area contributed by atoms with Crippen molar-refractivity contribution in [3.05, 3.63) is 34.1 Å². The lowest BCUT2D eigenvalue weighted by atomic mass is 9.59. The average molecular weight is 330 g/mol. The Labute approximate surface area is 136 Å². The van der Waals surface area contributed by atoms with Gasteiger partial charge in [0.25, 0.3) is 0 Å². The van der Waals surface area contributed by atoms with Gasteiger partial charge in [-0.2, -0.15) is 4.39 Å². The van der Waals surface area contributed by atoms with E-state index in [1.165, 1.54) is 6.07 Å². The van der Waals surface area contributed by atoms with Gasteiger partial charge in [0.05, 0.1) is 22.4 Å². The third-order valence-corrected chi connectivity index (χ3v) is 6.53. The molecule has 6 rings (SSSR count). The van der Waals surface area contributed by atoms with Crippen LogP contribution in [0.15, 0.2) is 18.2 Å². The van der Waals surface area contributed by atoms with E-state index in [0.717, 1.165) is 36.3 Å². The molecule has 2 bridgehead atoms. The van der Waals surface area contributed by atoms with Crippen LogP contribution in [0.3, 0.4) is 0 Å². The number of nitro groups is 1. The molecule has 5 aliphatic rings. The number of rotatable bonds is 2. The molecule has 4 saturated carbocycles. The zero-order valence-electron chi connectivity index (χ0n) is 12.7. The average Bonchev–Trinajstić information content (AvgIpc) is 3.33. The number of benzene rings is 1. The minimum Gasteiger partial charge on any atom is -0.274 e. The number of hydrogen-bond donors (Lipinski definition) is 0. The molecular formula is C17H15FN2O4. The third-order valence-electron chi connectivity index (χ3n) is 6.53. The molecule has 6 atom stereocenters. The van der Waals surface area contributed by atoms with Crippen LogP contribution in [-0.2, 0) is 9.59 Å². The van der Waals surface area contributed by atoms with Crippen LogP contribution in [0.4, 0.5) is 15.8 Å². The van der Waals surface area contributed by atoms with Crippen LogP contribution in [0.2, 0.25) is 0 Å². The molecule has 5 fully saturated rings. The molecule has 2 amide bonds. The standard InChI is InChI=1S/C17H15FN2O4/c18-12-4-1-7(5-13(12)20(23)24)19-16(21)14-8-2-3-9(11-6-10(8)11)15(14)17(19)22/h1,4-5,8-11,14-15H,2-3,6H2. The number of imide groups is 1. The number of carbonyl (C=O) groups is 2. The van der Waals surface area contributed by atoms with Crippen LogP contribution < -0.4 is 4.90 Å². The highest BCUT2D eigenvalue weighted by molar-refractivity contribution is 6.22. The van der Waals surface area contributed by atoms with Crippen molar-refractivity contribution in [2.75, 3.05) is 4.90 Å². The Balaban J connectivity index is 1.56. The lowest BCUT2D eigenvalue weighted by Gasteiger charge is -2.42. The first-order valence-electron chi connectivity index (χ1n) is 8.31. The fourth-order valence-corrected chi connectivity index (χ4v) is 5.57. The second-order valence-electron chi connectivity index (χ2n) is 7.42. The Hall–Kier alpha value is -2.31. The number of carbonyl (C=O) groups excluding carboxylic acids is 2. The van der Waals surface area contributed by atoms with E-state index in [0.29, 0.717) is 11.8 Å². The topological polar surface area (TPSA) is 80.5 Å². The van der Waals surface area contributed by atoms with Gasteiger partial charge in [-0.3, -0.25) is 19.7 Å². The SMILES string of the molecule is O=C1C2C3CCC(C4CC43)C2C(=O)N1c1ccc(F)c([N+](=O)[O-])c1. The van der Waals surface area contributed by atoms with Gasteiger partial charge in [-0.05, 0) is 55.1 Å². The molecule has 24 heavy (non-hydrogen) atoms. The van der Waals surface area contributed by atoms with Crippen molar-refractivity contribution in [2.24, 2.45) is 35.5 Å². The van der Waals surface area contributed by atoms with Crippen molar-refractivity contribution < 1.29 is 18.9 Å². The van der Waals surface area contributed by atoms with Crippen molar-refractivity contribution in [3.8, 4) is 0 Å². The summed E-state index contributed by atoms with van der Waals surface area (Å²) in [5.41, 5.74) is -0.602. The summed E-state index contributed by atoms with van der Waals surface area (Å²) in [5, 5.41) is 10.9. The molecular weight excluding hydrogens is 315 g/mol. The van der Waals surface area contributed by atoms with Crippen molar-refractivity contribution in [3.63, 3.8) is 0 Å². The second kappa shape index (κ2) is 4.40. The van der Waals surface area contributed by atoms with E-state index in [2.05, 4.69) is 0 Å². The maximum atomic E-state index is 13.6. The van der Waals surface area contributed by atoms with E-state index < -0.39 is 16.4 Å². The zero-order chi connectivity index (χ0) is 16.7. The van der Waals surface area contributed by atoms with Gasteiger partial charge in [-0.25, -0.2) is 4.90 Å². The van der Waals surface area contributed by atoms with Gasteiger partial charge >= 0.3 is 5.69 Å². The quantitative estimate of drug-likeness (QED) is 0.474. The summed E-state index contributed by atoms with van der Waals surface area (Å²) >= 11 is 0. The van der Waals surface area contributed by atoms with Crippen LogP contribution >= 0.6 is 0 Å². The van der Waals surface area contributed by atoms with Crippen LogP contribution in [0, 0.1) is 51.4 Å². The Bertz CT molecular complexity index is 776. The van der Waals surface area contributed by atoms with Gasteiger partial charge < -0.3 is 0 Å². The first kappa shape index (κ1) is 14.1. The highest BCUT2D eigenvalue weighted by Crippen LogP contribution is 2.68. The van der Waals surface area contributed by atoms with Crippen molar-refractivity contribution in [2.45, 2.75) is 19.3 Å². The van der Waals surface area contributed by atoms with Crippen LogP contribution in [-0.4, -0.2) is 16.7 Å². The summed E-state index contributed by atoms with van der Waals surface area (Å²) in [6.07, 6.45) is 3.11. The fraction of sp³-hybridized carbons (Fsp3) is 0.529. The summed E-state index contributed by atoms with van der Waals surface area (Å²) in [5.74, 6) is -0.385. The molecule has 124 valence electrons. The van der Waals surface area contributed by atoms with E-state index in [9.17, 15) is 24.1 Å². The number of fused-ring (bicyclic) bond motifs is 1. The Kier molecular flexibility index (Phi) is 2.58. The second-order valence-corrected chi connectivity index (χ2v) is 7.42. The predicted octanol–water partition coefficient (Wildman–Crippen LogP) is 2.52. The third kappa shape index (κ3) is 1.59. The van der Waals surface area contributed by atoms with E-state index in [4.69, 9.17) is 0 Å². The smallest absolute Gasteiger partial charge is 0.274 e. The maximum Gasteiger partial charge on any atom is 0.306 e. The number of halogens is 1. The molecule has 1 aromatic carbocycles. The summed E-state index contributed by atoms with van der Waals surface area (Å²) in [7, 11) is 0. The molecule has 1 saturated heterocycles. The van der Waals surface area contributed by atoms with Crippen LogP contribution in [0.5, 0.6) is 0 Å². The number of anilines is 1. The summed E-state index contributed by atoms with van der Waals surface area (Å²) in [6, 6.07) is 3.21. The van der Waals surface area contributed by atoms with E-state index in [-0.39, 0.29) is 41.2 Å². The molecule has 7 heteroatoms.